The second kappa shape index (κ2) is 10.1. The quantitative estimate of drug-likeness (QED) is 0.178. The highest BCUT2D eigenvalue weighted by atomic mass is 32.2. The van der Waals surface area contributed by atoms with Gasteiger partial charge >= 0.3 is 17.9 Å². The number of H-pyrrole nitrogens is 1. The van der Waals surface area contributed by atoms with E-state index in [9.17, 15) is 14.4 Å². The number of carbonyl (C=O) groups is 3. The number of carbonyl (C=O) groups excluding carboxylic acids is 3. The van der Waals surface area contributed by atoms with Gasteiger partial charge in [0, 0.05) is 20.8 Å². The molecule has 1 aliphatic rings. The number of thioether (sulfide) groups is 1. The van der Waals surface area contributed by atoms with E-state index in [0.717, 1.165) is 0 Å². The van der Waals surface area contributed by atoms with Gasteiger partial charge in [-0.3, -0.25) is 14.4 Å². The van der Waals surface area contributed by atoms with Crippen molar-refractivity contribution >= 4 is 70.1 Å². The summed E-state index contributed by atoms with van der Waals surface area (Å²) in [4.78, 5) is 42.4. The van der Waals surface area contributed by atoms with Crippen molar-refractivity contribution in [2.75, 3.05) is 12.9 Å². The molecule has 0 bridgehead atoms. The molecule has 15 heteroatoms. The molecule has 0 amide bonds. The number of aromatic nitrogens is 4. The Labute approximate surface area is 202 Å². The standard InChI is InChI=1S/C18H21N5O7S3/c1-6(24)27-5-9-12(28-7(2)25)13(29-8(3)26)17(30-9)23-15-10(11(22-23)14(19)31)16(32)21-18(20-15)33-4/h9,12-13,17H,5H2,1-4H3,(H2,19,31)(H,20,21,32)/t9-,12-,13-,17-/m1/s1. The van der Waals surface area contributed by atoms with E-state index in [1.807, 2.05) is 0 Å². The summed E-state index contributed by atoms with van der Waals surface area (Å²) in [5.41, 5.74) is 6.41. The molecule has 3 rings (SSSR count). The molecule has 178 valence electrons. The minimum atomic E-state index is -1.14. The number of hydrogen-bond donors (Lipinski definition) is 2. The molecule has 1 fully saturated rings. The second-order valence-corrected chi connectivity index (χ2v) is 8.57. The number of nitrogens with one attached hydrogen (secondary N) is 1. The Morgan fingerprint density at radius 3 is 2.36 bits per heavy atom. The molecule has 0 saturated carbocycles. The fourth-order valence-corrected chi connectivity index (χ4v) is 4.24. The van der Waals surface area contributed by atoms with Crippen molar-refractivity contribution in [3.8, 4) is 0 Å². The molecular weight excluding hydrogens is 494 g/mol. The number of aromatic amines is 1. The van der Waals surface area contributed by atoms with Crippen molar-refractivity contribution in [1.82, 2.24) is 19.7 Å². The van der Waals surface area contributed by atoms with E-state index in [0.29, 0.717) is 16.2 Å². The lowest BCUT2D eigenvalue weighted by atomic mass is 10.1. The predicted octanol–water partition coefficient (Wildman–Crippen LogP) is 1.17. The van der Waals surface area contributed by atoms with Crippen LogP contribution >= 0.6 is 36.2 Å². The smallest absolute Gasteiger partial charge is 0.303 e. The number of esters is 3. The van der Waals surface area contributed by atoms with E-state index in [1.165, 1.54) is 37.2 Å². The molecule has 0 spiro atoms. The highest BCUT2D eigenvalue weighted by molar-refractivity contribution is 7.98. The van der Waals surface area contributed by atoms with Crippen molar-refractivity contribution in [3.63, 3.8) is 0 Å². The third kappa shape index (κ3) is 5.31. The molecule has 2 aromatic rings. The van der Waals surface area contributed by atoms with Gasteiger partial charge in [-0.05, 0) is 6.26 Å². The highest BCUT2D eigenvalue weighted by Crippen LogP contribution is 2.36. The van der Waals surface area contributed by atoms with Crippen LogP contribution in [0.2, 0.25) is 0 Å². The summed E-state index contributed by atoms with van der Waals surface area (Å²) in [7, 11) is 0. The van der Waals surface area contributed by atoms with E-state index in [4.69, 9.17) is 49.1 Å². The van der Waals surface area contributed by atoms with Gasteiger partial charge in [0.05, 0.1) is 5.39 Å². The summed E-state index contributed by atoms with van der Waals surface area (Å²) in [5.74, 6) is -1.85. The van der Waals surface area contributed by atoms with E-state index in [-0.39, 0.29) is 21.9 Å². The molecule has 12 nitrogen and oxygen atoms in total. The van der Waals surface area contributed by atoms with Crippen LogP contribution in [0, 0.1) is 4.64 Å². The molecule has 1 saturated heterocycles. The largest absolute Gasteiger partial charge is 0.463 e. The van der Waals surface area contributed by atoms with Crippen molar-refractivity contribution in [3.05, 3.63) is 10.3 Å². The average molecular weight is 516 g/mol. The lowest BCUT2D eigenvalue weighted by Gasteiger charge is -2.23. The zero-order chi connectivity index (χ0) is 24.4. The van der Waals surface area contributed by atoms with E-state index >= 15 is 0 Å². The Morgan fingerprint density at radius 1 is 1.18 bits per heavy atom. The third-order valence-electron chi connectivity index (χ3n) is 4.56. The maximum atomic E-state index is 11.9. The van der Waals surface area contributed by atoms with Crippen LogP contribution in [0.3, 0.4) is 0 Å². The summed E-state index contributed by atoms with van der Waals surface area (Å²) < 4.78 is 23.5. The third-order valence-corrected chi connectivity index (χ3v) is 5.63. The Bertz CT molecular complexity index is 1180. The molecule has 2 aromatic heterocycles. The van der Waals surface area contributed by atoms with Gasteiger partial charge in [0.25, 0.3) is 0 Å². The summed E-state index contributed by atoms with van der Waals surface area (Å²) in [6.45, 7) is 3.37. The lowest BCUT2D eigenvalue weighted by molar-refractivity contribution is -0.166. The summed E-state index contributed by atoms with van der Waals surface area (Å²) >= 11 is 11.8. The van der Waals surface area contributed by atoms with Crippen LogP contribution in [-0.4, -0.2) is 73.8 Å². The number of thiocarbonyl (C=S) groups is 1. The van der Waals surface area contributed by atoms with Crippen LogP contribution in [0.15, 0.2) is 5.16 Å². The van der Waals surface area contributed by atoms with Crippen molar-refractivity contribution in [2.45, 2.75) is 50.5 Å². The van der Waals surface area contributed by atoms with Crippen LogP contribution < -0.4 is 5.73 Å². The topological polar surface area (TPSA) is 161 Å². The molecule has 3 N–H and O–H groups in total. The number of fused-ring (bicyclic) bond motifs is 1. The van der Waals surface area contributed by atoms with Gasteiger partial charge in [0.2, 0.25) is 0 Å². The number of rotatable bonds is 7. The normalized spacial score (nSPS) is 22.2. The molecule has 1 aliphatic heterocycles. The molecule has 0 aromatic carbocycles. The number of nitrogens with two attached hydrogens (primary N) is 1. The Morgan fingerprint density at radius 2 is 1.82 bits per heavy atom. The Hall–Kier alpha value is -2.62. The van der Waals surface area contributed by atoms with Crippen LogP contribution in [0.5, 0.6) is 0 Å². The monoisotopic (exact) mass is 515 g/mol. The first kappa shape index (κ1) is 25.0. The van der Waals surface area contributed by atoms with Crippen LogP contribution in [0.25, 0.3) is 11.0 Å². The van der Waals surface area contributed by atoms with Gasteiger partial charge in [-0.25, -0.2) is 9.67 Å². The van der Waals surface area contributed by atoms with Gasteiger partial charge in [-0.15, -0.1) is 0 Å². The molecule has 33 heavy (non-hydrogen) atoms. The fourth-order valence-electron chi connectivity index (χ4n) is 3.38. The van der Waals surface area contributed by atoms with Gasteiger partial charge in [0.15, 0.2) is 23.6 Å². The van der Waals surface area contributed by atoms with Crippen molar-refractivity contribution in [2.24, 2.45) is 5.73 Å². The van der Waals surface area contributed by atoms with Gasteiger partial charge in [-0.1, -0.05) is 36.2 Å². The van der Waals surface area contributed by atoms with Crippen LogP contribution in [0.1, 0.15) is 32.7 Å². The number of nitrogens with zero attached hydrogens (tertiary/aromatic N) is 3. The van der Waals surface area contributed by atoms with Gasteiger partial charge in [0.1, 0.15) is 33.7 Å². The minimum Gasteiger partial charge on any atom is -0.463 e. The zero-order valence-electron chi connectivity index (χ0n) is 18.0. The molecule has 3 heterocycles. The highest BCUT2D eigenvalue weighted by Gasteiger charge is 2.51. The lowest BCUT2D eigenvalue weighted by Crippen LogP contribution is -2.40. The fraction of sp³-hybridized carbons (Fsp3) is 0.500. The SMILES string of the molecule is CSc1nc(=S)c2c(C(N)=S)nn([C@@H]3O[C@H](COC(C)=O)[C@@H](OC(C)=O)[C@H]3OC(C)=O)c2[nH]1. The second-order valence-electron chi connectivity index (χ2n) is 6.95. The minimum absolute atomic E-state index is 0.0352. The van der Waals surface area contributed by atoms with E-state index < -0.39 is 42.4 Å². The molecule has 0 aliphatic carbocycles. The first-order valence-electron chi connectivity index (χ1n) is 9.53. The molecule has 0 unspecified atom stereocenters. The summed E-state index contributed by atoms with van der Waals surface area (Å²) in [6, 6.07) is 0. The first-order valence-corrected chi connectivity index (χ1v) is 11.6. The molecule has 4 atom stereocenters. The number of ether oxygens (including phenoxy) is 4. The van der Waals surface area contributed by atoms with Gasteiger partial charge < -0.3 is 29.7 Å². The van der Waals surface area contributed by atoms with Gasteiger partial charge in [-0.2, -0.15) is 5.10 Å². The maximum Gasteiger partial charge on any atom is 0.303 e. The van der Waals surface area contributed by atoms with E-state index in [2.05, 4.69) is 15.1 Å². The maximum absolute atomic E-state index is 11.9. The first-order chi connectivity index (χ1) is 15.5. The molecule has 0 radical (unpaired) electrons. The van der Waals surface area contributed by atoms with Crippen LogP contribution in [0.4, 0.5) is 0 Å². The van der Waals surface area contributed by atoms with Crippen molar-refractivity contribution < 1.29 is 33.3 Å². The Kier molecular flexibility index (Phi) is 7.66. The average Bonchev–Trinajstić information content (AvgIpc) is 3.25. The van der Waals surface area contributed by atoms with Crippen LogP contribution in [-0.2, 0) is 33.3 Å². The Balaban J connectivity index is 2.19. The van der Waals surface area contributed by atoms with E-state index in [1.54, 1.807) is 6.26 Å². The predicted molar refractivity (Wildman–Crippen MR) is 122 cm³/mol. The summed E-state index contributed by atoms with van der Waals surface area (Å²) in [6.07, 6.45) is -2.49. The molecular formula is C18H21N5O7S3. The number of hydrogen-bond acceptors (Lipinski definition) is 12. The summed E-state index contributed by atoms with van der Waals surface area (Å²) in [5, 5.41) is 5.31. The zero-order valence-corrected chi connectivity index (χ0v) is 20.5. The van der Waals surface area contributed by atoms with Crippen molar-refractivity contribution in [1.29, 1.82) is 0 Å².